The van der Waals surface area contributed by atoms with Crippen molar-refractivity contribution in [3.05, 3.63) is 41.6 Å². The van der Waals surface area contributed by atoms with Crippen molar-refractivity contribution in [1.29, 1.82) is 0 Å². The molecule has 1 aromatic heterocycles. The summed E-state index contributed by atoms with van der Waals surface area (Å²) in [6, 6.07) is 9.61. The van der Waals surface area contributed by atoms with Crippen molar-refractivity contribution < 1.29 is 4.79 Å². The predicted molar refractivity (Wildman–Crippen MR) is 86.3 cm³/mol. The fraction of sp³-hybridized carbons (Fsp3) is 0.412. The van der Waals surface area contributed by atoms with Crippen molar-refractivity contribution in [2.75, 3.05) is 6.54 Å². The van der Waals surface area contributed by atoms with Gasteiger partial charge in [0.1, 0.15) is 0 Å². The molecule has 4 nitrogen and oxygen atoms in total. The van der Waals surface area contributed by atoms with Crippen LogP contribution in [0, 0.1) is 6.92 Å². The highest BCUT2D eigenvalue weighted by Crippen LogP contribution is 2.20. The van der Waals surface area contributed by atoms with E-state index in [2.05, 4.69) is 10.3 Å². The number of para-hydroxylation sites is 1. The van der Waals surface area contributed by atoms with E-state index in [1.807, 2.05) is 51.1 Å². The van der Waals surface area contributed by atoms with Crippen molar-refractivity contribution >= 4 is 16.8 Å². The highest BCUT2D eigenvalue weighted by atomic mass is 16.1. The maximum atomic E-state index is 12.7. The van der Waals surface area contributed by atoms with Gasteiger partial charge in [0.2, 0.25) is 0 Å². The summed E-state index contributed by atoms with van der Waals surface area (Å²) >= 11 is 0. The summed E-state index contributed by atoms with van der Waals surface area (Å²) in [4.78, 5) is 17.2. The van der Waals surface area contributed by atoms with E-state index in [0.29, 0.717) is 12.1 Å². The second-order valence-corrected chi connectivity index (χ2v) is 5.48. The third kappa shape index (κ3) is 3.05. The molecule has 112 valence electrons. The number of nitrogens with two attached hydrogens (primary N) is 1. The van der Waals surface area contributed by atoms with Crippen LogP contribution in [0.1, 0.15) is 42.7 Å². The van der Waals surface area contributed by atoms with Gasteiger partial charge in [-0.25, -0.2) is 0 Å². The molecule has 0 bridgehead atoms. The number of nitrogens with zero attached hydrogens (tertiary/aromatic N) is 1. The first-order chi connectivity index (χ1) is 10.0. The Morgan fingerprint density at radius 2 is 1.95 bits per heavy atom. The van der Waals surface area contributed by atoms with E-state index in [0.717, 1.165) is 29.4 Å². The number of aromatic nitrogens is 1. The average Bonchev–Trinajstić information content (AvgIpc) is 2.52. The minimum atomic E-state index is -0.344. The predicted octanol–water partition coefficient (Wildman–Crippen LogP) is 2.79. The number of nitrogens with one attached hydrogen (secondary N) is 1. The molecule has 0 saturated heterocycles. The van der Waals surface area contributed by atoms with E-state index in [-0.39, 0.29) is 11.4 Å². The summed E-state index contributed by atoms with van der Waals surface area (Å²) < 4.78 is 0. The Morgan fingerprint density at radius 3 is 2.57 bits per heavy atom. The van der Waals surface area contributed by atoms with E-state index < -0.39 is 0 Å². The molecule has 2 rings (SSSR count). The van der Waals surface area contributed by atoms with Crippen LogP contribution in [-0.4, -0.2) is 23.0 Å². The second kappa shape index (κ2) is 6.22. The monoisotopic (exact) mass is 285 g/mol. The fourth-order valence-corrected chi connectivity index (χ4v) is 2.50. The molecular weight excluding hydrogens is 262 g/mol. The Hall–Kier alpha value is -1.94. The van der Waals surface area contributed by atoms with Gasteiger partial charge in [-0.1, -0.05) is 32.0 Å². The number of carbonyl (C=O) groups is 1. The third-order valence-electron chi connectivity index (χ3n) is 4.23. The van der Waals surface area contributed by atoms with Crippen molar-refractivity contribution in [2.45, 2.75) is 39.2 Å². The molecule has 21 heavy (non-hydrogen) atoms. The zero-order valence-electron chi connectivity index (χ0n) is 12.9. The first-order valence-electron chi connectivity index (χ1n) is 7.44. The lowest BCUT2D eigenvalue weighted by Gasteiger charge is -2.31. The van der Waals surface area contributed by atoms with Gasteiger partial charge in [0.05, 0.1) is 16.6 Å². The van der Waals surface area contributed by atoms with E-state index in [1.54, 1.807) is 0 Å². The molecule has 0 spiro atoms. The second-order valence-electron chi connectivity index (χ2n) is 5.48. The van der Waals surface area contributed by atoms with Crippen LogP contribution in [0.5, 0.6) is 0 Å². The summed E-state index contributed by atoms with van der Waals surface area (Å²) in [6.45, 7) is 6.45. The Labute approximate surface area is 125 Å². The van der Waals surface area contributed by atoms with Crippen LogP contribution in [-0.2, 0) is 0 Å². The van der Waals surface area contributed by atoms with Crippen molar-refractivity contribution in [3.63, 3.8) is 0 Å². The normalized spacial score (nSPS) is 11.6. The number of carbonyl (C=O) groups excluding carboxylic acids is 1. The minimum absolute atomic E-state index is 0.104. The van der Waals surface area contributed by atoms with E-state index in [1.165, 1.54) is 0 Å². The van der Waals surface area contributed by atoms with Crippen LogP contribution in [0.15, 0.2) is 30.3 Å². The van der Waals surface area contributed by atoms with Crippen LogP contribution in [0.3, 0.4) is 0 Å². The van der Waals surface area contributed by atoms with Crippen LogP contribution in [0.4, 0.5) is 0 Å². The molecule has 1 heterocycles. The molecule has 0 radical (unpaired) electrons. The summed E-state index contributed by atoms with van der Waals surface area (Å²) in [5.41, 5.74) is 7.77. The number of rotatable bonds is 5. The highest BCUT2D eigenvalue weighted by Gasteiger charge is 2.27. The average molecular weight is 285 g/mol. The van der Waals surface area contributed by atoms with Crippen LogP contribution in [0.25, 0.3) is 10.9 Å². The molecule has 0 unspecified atom stereocenters. The van der Waals surface area contributed by atoms with Gasteiger partial charge in [0.25, 0.3) is 5.91 Å². The summed E-state index contributed by atoms with van der Waals surface area (Å²) in [7, 11) is 0. The Kier molecular flexibility index (Phi) is 4.58. The molecule has 3 N–H and O–H groups in total. The number of hydrogen-bond donors (Lipinski definition) is 2. The molecule has 0 aliphatic rings. The smallest absolute Gasteiger partial charge is 0.253 e. The molecule has 1 amide bonds. The molecule has 4 heteroatoms. The lowest BCUT2D eigenvalue weighted by Crippen LogP contribution is -2.52. The summed E-state index contributed by atoms with van der Waals surface area (Å²) in [5, 5.41) is 4.08. The number of pyridine rings is 1. The van der Waals surface area contributed by atoms with Crippen LogP contribution >= 0.6 is 0 Å². The van der Waals surface area contributed by atoms with Crippen molar-refractivity contribution in [2.24, 2.45) is 5.73 Å². The van der Waals surface area contributed by atoms with E-state index in [4.69, 9.17) is 5.73 Å². The van der Waals surface area contributed by atoms with Gasteiger partial charge in [-0.3, -0.25) is 9.78 Å². The van der Waals surface area contributed by atoms with Gasteiger partial charge in [-0.05, 0) is 31.9 Å². The molecule has 1 aromatic carbocycles. The number of aryl methyl sites for hydroxylation is 1. The molecule has 0 aliphatic carbocycles. The Bertz CT molecular complexity index is 639. The van der Waals surface area contributed by atoms with Gasteiger partial charge in [-0.2, -0.15) is 0 Å². The van der Waals surface area contributed by atoms with Gasteiger partial charge in [0, 0.05) is 17.6 Å². The summed E-state index contributed by atoms with van der Waals surface area (Å²) in [6.07, 6.45) is 1.62. The van der Waals surface area contributed by atoms with Gasteiger partial charge in [-0.15, -0.1) is 0 Å². The lowest BCUT2D eigenvalue weighted by atomic mass is 9.92. The first-order valence-corrected chi connectivity index (χ1v) is 7.44. The molecular formula is C17H23N3O. The lowest BCUT2D eigenvalue weighted by molar-refractivity contribution is 0.0897. The standard InChI is InChI=1S/C17H23N3O/c1-4-17(5-2,11-18)20-16(21)14-8-6-7-13-10-9-12(3)19-15(13)14/h6-10H,4-5,11,18H2,1-3H3,(H,20,21). The number of amides is 1. The minimum Gasteiger partial charge on any atom is -0.345 e. The quantitative estimate of drug-likeness (QED) is 0.887. The highest BCUT2D eigenvalue weighted by molar-refractivity contribution is 6.05. The molecule has 0 atom stereocenters. The SMILES string of the molecule is CCC(CC)(CN)NC(=O)c1cccc2ccc(C)nc12. The zero-order valence-corrected chi connectivity index (χ0v) is 12.9. The summed E-state index contributed by atoms with van der Waals surface area (Å²) in [5.74, 6) is -0.104. The number of hydrogen-bond acceptors (Lipinski definition) is 3. The maximum absolute atomic E-state index is 12.7. The largest absolute Gasteiger partial charge is 0.345 e. The molecule has 2 aromatic rings. The van der Waals surface area contributed by atoms with Gasteiger partial charge in [0.15, 0.2) is 0 Å². The Balaban J connectivity index is 2.42. The third-order valence-corrected chi connectivity index (χ3v) is 4.23. The van der Waals surface area contributed by atoms with Gasteiger partial charge >= 0.3 is 0 Å². The maximum Gasteiger partial charge on any atom is 0.253 e. The molecule has 0 fully saturated rings. The molecule has 0 aliphatic heterocycles. The molecule has 0 saturated carbocycles. The Morgan fingerprint density at radius 1 is 1.24 bits per heavy atom. The zero-order chi connectivity index (χ0) is 15.5. The first kappa shape index (κ1) is 15.4. The van der Waals surface area contributed by atoms with Crippen LogP contribution < -0.4 is 11.1 Å². The van der Waals surface area contributed by atoms with Crippen molar-refractivity contribution in [1.82, 2.24) is 10.3 Å². The van der Waals surface area contributed by atoms with Gasteiger partial charge < -0.3 is 11.1 Å². The van der Waals surface area contributed by atoms with E-state index in [9.17, 15) is 4.79 Å². The van der Waals surface area contributed by atoms with Crippen LogP contribution in [0.2, 0.25) is 0 Å². The number of benzene rings is 1. The topological polar surface area (TPSA) is 68.0 Å². The van der Waals surface area contributed by atoms with E-state index >= 15 is 0 Å². The number of fused-ring (bicyclic) bond motifs is 1. The fourth-order valence-electron chi connectivity index (χ4n) is 2.50. The van der Waals surface area contributed by atoms with Crippen molar-refractivity contribution in [3.8, 4) is 0 Å².